The van der Waals surface area contributed by atoms with E-state index in [1.807, 2.05) is 0 Å². The second-order valence-corrected chi connectivity index (χ2v) is 3.63. The van der Waals surface area contributed by atoms with Crippen LogP contribution in [0.15, 0.2) is 47.5 Å². The predicted molar refractivity (Wildman–Crippen MR) is 66.6 cm³/mol. The Morgan fingerprint density at radius 2 is 1.78 bits per heavy atom. The molecule has 2 aromatic rings. The topological polar surface area (TPSA) is 21.6 Å². The largest absolute Gasteiger partial charge is 0.497 e. The van der Waals surface area contributed by atoms with Gasteiger partial charge in [0.15, 0.2) is 5.82 Å². The van der Waals surface area contributed by atoms with Crippen LogP contribution >= 0.6 is 0 Å². The van der Waals surface area contributed by atoms with Gasteiger partial charge in [-0.15, -0.1) is 0 Å². The van der Waals surface area contributed by atoms with Crippen molar-refractivity contribution in [2.45, 2.75) is 0 Å². The number of hydrogen-bond donors (Lipinski definition) is 0. The lowest BCUT2D eigenvalue weighted by Gasteiger charge is -1.99. The number of halogens is 2. The van der Waals surface area contributed by atoms with Gasteiger partial charge in [0.1, 0.15) is 11.6 Å². The van der Waals surface area contributed by atoms with Crippen molar-refractivity contribution in [3.63, 3.8) is 0 Å². The van der Waals surface area contributed by atoms with E-state index in [4.69, 9.17) is 4.74 Å². The number of ether oxygens (including phenoxy) is 1. The Kier molecular flexibility index (Phi) is 3.67. The molecule has 0 aliphatic rings. The van der Waals surface area contributed by atoms with Crippen LogP contribution < -0.4 is 4.74 Å². The summed E-state index contributed by atoms with van der Waals surface area (Å²) in [5.41, 5.74) is 0.909. The van der Waals surface area contributed by atoms with Crippen molar-refractivity contribution >= 4 is 11.9 Å². The summed E-state index contributed by atoms with van der Waals surface area (Å²) in [4.78, 5) is 3.97. The molecule has 0 atom stereocenters. The molecular formula is C14H11F2NO. The summed E-state index contributed by atoms with van der Waals surface area (Å²) in [5.74, 6) is -0.559. The van der Waals surface area contributed by atoms with Crippen molar-refractivity contribution in [3.8, 4) is 5.75 Å². The first-order chi connectivity index (χ1) is 8.69. The lowest BCUT2D eigenvalue weighted by Crippen LogP contribution is -1.85. The van der Waals surface area contributed by atoms with Gasteiger partial charge in [0.25, 0.3) is 0 Å². The summed E-state index contributed by atoms with van der Waals surface area (Å²) in [6, 6.07) is 10.4. The number of methoxy groups -OCH3 is 1. The third kappa shape index (κ3) is 2.91. The van der Waals surface area contributed by atoms with Gasteiger partial charge in [-0.25, -0.2) is 8.78 Å². The summed E-state index contributed by atoms with van der Waals surface area (Å²) in [6.07, 6.45) is 1.51. The van der Waals surface area contributed by atoms with Crippen molar-refractivity contribution < 1.29 is 13.5 Å². The van der Waals surface area contributed by atoms with E-state index < -0.39 is 11.6 Å². The summed E-state index contributed by atoms with van der Waals surface area (Å²) >= 11 is 0. The van der Waals surface area contributed by atoms with Crippen LogP contribution in [0.1, 0.15) is 5.56 Å². The van der Waals surface area contributed by atoms with Gasteiger partial charge < -0.3 is 4.74 Å². The second-order valence-electron chi connectivity index (χ2n) is 3.63. The zero-order chi connectivity index (χ0) is 13.0. The molecule has 0 amide bonds. The zero-order valence-electron chi connectivity index (χ0n) is 9.73. The Labute approximate surface area is 104 Å². The van der Waals surface area contributed by atoms with Gasteiger partial charge in [0.2, 0.25) is 0 Å². The molecule has 2 nitrogen and oxygen atoms in total. The molecule has 92 valence electrons. The molecule has 0 radical (unpaired) electrons. The van der Waals surface area contributed by atoms with E-state index in [-0.39, 0.29) is 5.69 Å². The molecule has 0 bridgehead atoms. The molecule has 0 N–H and O–H groups in total. The molecule has 0 aliphatic carbocycles. The highest BCUT2D eigenvalue weighted by molar-refractivity contribution is 5.82. The van der Waals surface area contributed by atoms with Crippen molar-refractivity contribution in [2.24, 2.45) is 4.99 Å². The Morgan fingerprint density at radius 3 is 2.39 bits per heavy atom. The van der Waals surface area contributed by atoms with Gasteiger partial charge in [-0.1, -0.05) is 0 Å². The van der Waals surface area contributed by atoms with Crippen LogP contribution in [0.5, 0.6) is 5.75 Å². The maximum absolute atomic E-state index is 13.3. The summed E-state index contributed by atoms with van der Waals surface area (Å²) < 4.78 is 31.0. The monoisotopic (exact) mass is 247 g/mol. The molecular weight excluding hydrogens is 236 g/mol. The highest BCUT2D eigenvalue weighted by Crippen LogP contribution is 2.18. The fraction of sp³-hybridized carbons (Fsp3) is 0.0714. The summed E-state index contributed by atoms with van der Waals surface area (Å²) in [6.45, 7) is 0. The molecule has 2 aromatic carbocycles. The Morgan fingerprint density at radius 1 is 1.06 bits per heavy atom. The van der Waals surface area contributed by atoms with Crippen LogP contribution in [-0.4, -0.2) is 13.3 Å². The van der Waals surface area contributed by atoms with Crippen molar-refractivity contribution in [1.82, 2.24) is 0 Å². The van der Waals surface area contributed by atoms with E-state index in [1.54, 1.807) is 31.4 Å². The van der Waals surface area contributed by atoms with Crippen LogP contribution in [0.4, 0.5) is 14.5 Å². The fourth-order valence-electron chi connectivity index (χ4n) is 1.42. The van der Waals surface area contributed by atoms with E-state index in [0.717, 1.165) is 17.4 Å². The maximum Gasteiger partial charge on any atom is 0.151 e. The first-order valence-electron chi connectivity index (χ1n) is 5.32. The summed E-state index contributed by atoms with van der Waals surface area (Å²) in [7, 11) is 1.58. The minimum Gasteiger partial charge on any atom is -0.497 e. The fourth-order valence-corrected chi connectivity index (χ4v) is 1.42. The van der Waals surface area contributed by atoms with Crippen LogP contribution in [-0.2, 0) is 0 Å². The molecule has 0 spiro atoms. The van der Waals surface area contributed by atoms with Gasteiger partial charge in [0, 0.05) is 12.3 Å². The number of hydrogen-bond acceptors (Lipinski definition) is 2. The highest BCUT2D eigenvalue weighted by atomic mass is 19.1. The van der Waals surface area contributed by atoms with E-state index in [9.17, 15) is 8.78 Å². The minimum absolute atomic E-state index is 0.104. The van der Waals surface area contributed by atoms with Gasteiger partial charge >= 0.3 is 0 Å². The van der Waals surface area contributed by atoms with Gasteiger partial charge in [-0.2, -0.15) is 0 Å². The van der Waals surface area contributed by atoms with Crippen molar-refractivity contribution in [2.75, 3.05) is 7.11 Å². The lowest BCUT2D eigenvalue weighted by atomic mass is 10.2. The van der Waals surface area contributed by atoms with Gasteiger partial charge in [-0.3, -0.25) is 4.99 Å². The maximum atomic E-state index is 13.3. The van der Waals surface area contributed by atoms with Crippen molar-refractivity contribution in [1.29, 1.82) is 0 Å². The molecule has 0 fully saturated rings. The van der Waals surface area contributed by atoms with E-state index in [1.165, 1.54) is 18.3 Å². The average molecular weight is 247 g/mol. The molecule has 4 heteroatoms. The van der Waals surface area contributed by atoms with Gasteiger partial charge in [-0.05, 0) is 42.0 Å². The predicted octanol–water partition coefficient (Wildman–Crippen LogP) is 3.72. The number of benzene rings is 2. The van der Waals surface area contributed by atoms with Crippen molar-refractivity contribution in [3.05, 3.63) is 59.7 Å². The smallest absolute Gasteiger partial charge is 0.151 e. The highest BCUT2D eigenvalue weighted by Gasteiger charge is 2.01. The number of rotatable bonds is 3. The quantitative estimate of drug-likeness (QED) is 0.757. The Balaban J connectivity index is 2.19. The van der Waals surface area contributed by atoms with E-state index >= 15 is 0 Å². The molecule has 0 unspecified atom stereocenters. The molecule has 0 aliphatic heterocycles. The summed E-state index contributed by atoms with van der Waals surface area (Å²) in [5, 5.41) is 0. The molecule has 2 rings (SSSR count). The third-order valence-corrected chi connectivity index (χ3v) is 2.38. The van der Waals surface area contributed by atoms with Crippen LogP contribution in [0.25, 0.3) is 0 Å². The molecule has 0 saturated heterocycles. The Bertz CT molecular complexity index is 565. The number of nitrogens with zero attached hydrogens (tertiary/aromatic N) is 1. The van der Waals surface area contributed by atoms with Crippen LogP contribution in [0.2, 0.25) is 0 Å². The standard InChI is InChI=1S/C14H11F2NO/c1-18-12-5-2-10(3-6-12)9-17-14-7-4-11(15)8-13(14)16/h2-9H,1H3. The SMILES string of the molecule is COc1ccc(C=Nc2ccc(F)cc2F)cc1. The first kappa shape index (κ1) is 12.2. The van der Waals surface area contributed by atoms with E-state index in [0.29, 0.717) is 0 Å². The zero-order valence-corrected chi connectivity index (χ0v) is 9.73. The average Bonchev–Trinajstić information content (AvgIpc) is 2.38. The number of aliphatic imine (C=N–C) groups is 1. The molecule has 0 aromatic heterocycles. The molecule has 0 saturated carbocycles. The Hall–Kier alpha value is -2.23. The van der Waals surface area contributed by atoms with E-state index in [2.05, 4.69) is 4.99 Å². The lowest BCUT2D eigenvalue weighted by molar-refractivity contribution is 0.415. The van der Waals surface area contributed by atoms with Crippen LogP contribution in [0.3, 0.4) is 0 Å². The second kappa shape index (κ2) is 5.40. The molecule has 0 heterocycles. The van der Waals surface area contributed by atoms with Gasteiger partial charge in [0.05, 0.1) is 12.8 Å². The van der Waals surface area contributed by atoms with Crippen LogP contribution in [0, 0.1) is 11.6 Å². The first-order valence-corrected chi connectivity index (χ1v) is 5.32. The minimum atomic E-state index is -0.681. The normalized spacial score (nSPS) is 10.8. The third-order valence-electron chi connectivity index (χ3n) is 2.38. The molecule has 18 heavy (non-hydrogen) atoms.